The Morgan fingerprint density at radius 1 is 1.22 bits per heavy atom. The largest absolute Gasteiger partial charge is 0.444 e. The molecule has 136 valence electrons. The normalized spacial score (nSPS) is 20.3. The number of likely N-dealkylation sites (tertiary alicyclic amines) is 1. The first-order chi connectivity index (χ1) is 10.6. The van der Waals surface area contributed by atoms with E-state index in [4.69, 9.17) is 4.74 Å². The number of hydrogen-bond donors (Lipinski definition) is 2. The molecule has 2 unspecified atom stereocenters. The Kier molecular flexibility index (Phi) is 7.81. The van der Waals surface area contributed by atoms with Crippen LogP contribution < -0.4 is 10.6 Å². The van der Waals surface area contributed by atoms with Gasteiger partial charge in [-0.2, -0.15) is 0 Å². The summed E-state index contributed by atoms with van der Waals surface area (Å²) in [5, 5.41) is 6.63. The van der Waals surface area contributed by atoms with Crippen LogP contribution in [0.25, 0.3) is 0 Å². The lowest BCUT2D eigenvalue weighted by atomic mass is 9.90. The summed E-state index contributed by atoms with van der Waals surface area (Å²) in [6.07, 6.45) is 2.16. The molecule has 0 bridgehead atoms. The van der Waals surface area contributed by atoms with E-state index in [1.54, 1.807) is 0 Å². The molecule has 0 radical (unpaired) electrons. The second-order valence-corrected chi connectivity index (χ2v) is 8.33. The third-order valence-electron chi connectivity index (χ3n) is 4.64. The van der Waals surface area contributed by atoms with Crippen LogP contribution in [-0.2, 0) is 4.74 Å². The van der Waals surface area contributed by atoms with Gasteiger partial charge in [-0.25, -0.2) is 4.79 Å². The summed E-state index contributed by atoms with van der Waals surface area (Å²) in [5.74, 6) is 1.08. The van der Waals surface area contributed by atoms with Crippen LogP contribution in [0.2, 0.25) is 0 Å². The van der Waals surface area contributed by atoms with Crippen molar-refractivity contribution in [1.29, 1.82) is 0 Å². The van der Waals surface area contributed by atoms with Crippen LogP contribution in [0, 0.1) is 11.8 Å². The van der Waals surface area contributed by atoms with Gasteiger partial charge in [0.15, 0.2) is 0 Å². The summed E-state index contributed by atoms with van der Waals surface area (Å²) in [5.41, 5.74) is -0.458. The highest BCUT2D eigenvalue weighted by Gasteiger charge is 2.25. The van der Waals surface area contributed by atoms with Gasteiger partial charge in [-0.1, -0.05) is 13.8 Å². The van der Waals surface area contributed by atoms with Gasteiger partial charge in [0, 0.05) is 18.6 Å². The van der Waals surface area contributed by atoms with Crippen molar-refractivity contribution in [3.63, 3.8) is 0 Å². The smallest absolute Gasteiger partial charge is 0.407 e. The topological polar surface area (TPSA) is 53.6 Å². The van der Waals surface area contributed by atoms with Crippen molar-refractivity contribution in [3.8, 4) is 0 Å². The quantitative estimate of drug-likeness (QED) is 0.788. The molecule has 0 saturated carbocycles. The molecule has 23 heavy (non-hydrogen) atoms. The number of rotatable bonds is 6. The van der Waals surface area contributed by atoms with E-state index in [1.165, 1.54) is 25.9 Å². The second kappa shape index (κ2) is 8.88. The molecule has 2 N–H and O–H groups in total. The summed E-state index contributed by atoms with van der Waals surface area (Å²) in [6.45, 7) is 15.3. The molecular formula is C18H37N3O2. The first-order valence-electron chi connectivity index (χ1n) is 9.00. The Morgan fingerprint density at radius 3 is 2.26 bits per heavy atom. The van der Waals surface area contributed by atoms with Gasteiger partial charge < -0.3 is 20.3 Å². The molecule has 0 aromatic carbocycles. The minimum absolute atomic E-state index is 0.0820. The first kappa shape index (κ1) is 20.2. The number of ether oxygens (including phenoxy) is 1. The van der Waals surface area contributed by atoms with Crippen molar-refractivity contribution in [2.45, 2.75) is 72.1 Å². The molecule has 0 spiro atoms. The van der Waals surface area contributed by atoms with E-state index in [0.29, 0.717) is 12.0 Å². The first-order valence-corrected chi connectivity index (χ1v) is 9.00. The third kappa shape index (κ3) is 8.02. The summed E-state index contributed by atoms with van der Waals surface area (Å²) in [7, 11) is 2.19. The number of carbonyl (C=O) groups excluding carboxylic acids is 1. The van der Waals surface area contributed by atoms with Crippen molar-refractivity contribution in [2.24, 2.45) is 11.8 Å². The number of hydrogen-bond acceptors (Lipinski definition) is 4. The Hall–Kier alpha value is -0.810. The lowest BCUT2D eigenvalue weighted by Gasteiger charge is -2.34. The SMILES string of the molecule is CC(C)C(CNC(C)C1CCN(C)CC1)NC(=O)OC(C)(C)C. The van der Waals surface area contributed by atoms with Crippen LogP contribution in [0.4, 0.5) is 4.79 Å². The van der Waals surface area contributed by atoms with Crippen LogP contribution >= 0.6 is 0 Å². The highest BCUT2D eigenvalue weighted by atomic mass is 16.6. The maximum Gasteiger partial charge on any atom is 0.407 e. The van der Waals surface area contributed by atoms with Crippen molar-refractivity contribution < 1.29 is 9.53 Å². The van der Waals surface area contributed by atoms with E-state index in [-0.39, 0.29) is 12.1 Å². The van der Waals surface area contributed by atoms with E-state index in [0.717, 1.165) is 12.5 Å². The van der Waals surface area contributed by atoms with E-state index >= 15 is 0 Å². The molecular weight excluding hydrogens is 290 g/mol. The predicted octanol–water partition coefficient (Wildman–Crippen LogP) is 2.86. The summed E-state index contributed by atoms with van der Waals surface area (Å²) < 4.78 is 5.37. The molecule has 1 rings (SSSR count). The lowest BCUT2D eigenvalue weighted by molar-refractivity contribution is 0.0488. The zero-order chi connectivity index (χ0) is 17.6. The molecule has 1 fully saturated rings. The van der Waals surface area contributed by atoms with Crippen molar-refractivity contribution in [1.82, 2.24) is 15.5 Å². The molecule has 1 amide bonds. The standard InChI is InChI=1S/C18H37N3O2/c1-13(2)16(20-17(22)23-18(4,5)6)12-19-14(3)15-8-10-21(7)11-9-15/h13-16,19H,8-12H2,1-7H3,(H,20,22). The van der Waals surface area contributed by atoms with Crippen molar-refractivity contribution >= 4 is 6.09 Å². The van der Waals surface area contributed by atoms with E-state index in [2.05, 4.69) is 43.4 Å². The highest BCUT2D eigenvalue weighted by Crippen LogP contribution is 2.19. The maximum absolute atomic E-state index is 12.0. The Bertz CT molecular complexity index is 358. The maximum atomic E-state index is 12.0. The molecule has 1 aliphatic rings. The monoisotopic (exact) mass is 327 g/mol. The zero-order valence-corrected chi connectivity index (χ0v) is 16.1. The fourth-order valence-electron chi connectivity index (χ4n) is 2.92. The molecule has 1 aliphatic heterocycles. The lowest BCUT2D eigenvalue weighted by Crippen LogP contribution is -2.50. The van der Waals surface area contributed by atoms with Crippen LogP contribution in [0.15, 0.2) is 0 Å². The summed E-state index contributed by atoms with van der Waals surface area (Å²) in [4.78, 5) is 14.4. The molecule has 5 heteroatoms. The fourth-order valence-corrected chi connectivity index (χ4v) is 2.92. The minimum Gasteiger partial charge on any atom is -0.444 e. The molecule has 1 saturated heterocycles. The molecule has 0 aromatic heterocycles. The second-order valence-electron chi connectivity index (χ2n) is 8.33. The van der Waals surface area contributed by atoms with Crippen LogP contribution in [-0.4, -0.2) is 55.4 Å². The zero-order valence-electron chi connectivity index (χ0n) is 16.1. The van der Waals surface area contributed by atoms with Gasteiger partial charge >= 0.3 is 6.09 Å². The molecule has 2 atom stereocenters. The number of piperidine rings is 1. The molecule has 5 nitrogen and oxygen atoms in total. The van der Waals surface area contributed by atoms with E-state index in [1.807, 2.05) is 20.8 Å². The van der Waals surface area contributed by atoms with Gasteiger partial charge in [0.2, 0.25) is 0 Å². The van der Waals surface area contributed by atoms with Gasteiger partial charge in [0.1, 0.15) is 5.60 Å². The Balaban J connectivity index is 2.42. The fraction of sp³-hybridized carbons (Fsp3) is 0.944. The summed E-state index contributed by atoms with van der Waals surface area (Å²) in [6, 6.07) is 0.559. The average molecular weight is 328 g/mol. The predicted molar refractivity (Wildman–Crippen MR) is 95.7 cm³/mol. The van der Waals surface area contributed by atoms with Gasteiger partial charge in [-0.05, 0) is 72.5 Å². The highest BCUT2D eigenvalue weighted by molar-refractivity contribution is 5.68. The summed E-state index contributed by atoms with van der Waals surface area (Å²) >= 11 is 0. The average Bonchev–Trinajstić information content (AvgIpc) is 2.41. The van der Waals surface area contributed by atoms with E-state index < -0.39 is 5.60 Å². The number of alkyl carbamates (subject to hydrolysis) is 1. The van der Waals surface area contributed by atoms with Crippen LogP contribution in [0.3, 0.4) is 0 Å². The van der Waals surface area contributed by atoms with Crippen molar-refractivity contribution in [3.05, 3.63) is 0 Å². The molecule has 1 heterocycles. The van der Waals surface area contributed by atoms with Gasteiger partial charge in [-0.3, -0.25) is 0 Å². The number of nitrogens with zero attached hydrogens (tertiary/aromatic N) is 1. The third-order valence-corrected chi connectivity index (χ3v) is 4.64. The molecule has 0 aromatic rings. The Morgan fingerprint density at radius 2 is 1.78 bits per heavy atom. The van der Waals surface area contributed by atoms with Gasteiger partial charge in [0.25, 0.3) is 0 Å². The van der Waals surface area contributed by atoms with Crippen molar-refractivity contribution in [2.75, 3.05) is 26.7 Å². The Labute approximate surface area is 142 Å². The van der Waals surface area contributed by atoms with Gasteiger partial charge in [-0.15, -0.1) is 0 Å². The van der Waals surface area contributed by atoms with Crippen LogP contribution in [0.1, 0.15) is 54.4 Å². The number of amides is 1. The van der Waals surface area contributed by atoms with Crippen LogP contribution in [0.5, 0.6) is 0 Å². The number of carbonyl (C=O) groups is 1. The molecule has 0 aliphatic carbocycles. The number of nitrogens with one attached hydrogen (secondary N) is 2. The van der Waals surface area contributed by atoms with E-state index in [9.17, 15) is 4.79 Å². The minimum atomic E-state index is -0.458. The van der Waals surface area contributed by atoms with Gasteiger partial charge in [0.05, 0.1) is 0 Å².